The Morgan fingerprint density at radius 2 is 1.09 bits per heavy atom. The highest BCUT2D eigenvalue weighted by Gasteiger charge is 2.37. The van der Waals surface area contributed by atoms with Crippen molar-refractivity contribution in [2.24, 2.45) is 0 Å². The van der Waals surface area contributed by atoms with Gasteiger partial charge in [0.15, 0.2) is 0 Å². The van der Waals surface area contributed by atoms with Crippen LogP contribution in [0.2, 0.25) is 0 Å². The fourth-order valence-corrected chi connectivity index (χ4v) is 4.23. The first-order valence-corrected chi connectivity index (χ1v) is 12.4. The van der Waals surface area contributed by atoms with Gasteiger partial charge in [-0.05, 0) is 48.5 Å². The summed E-state index contributed by atoms with van der Waals surface area (Å²) in [5.74, 6) is -4.42. The molecule has 0 amide bonds. The second kappa shape index (κ2) is 11.4. The molecule has 19 heteroatoms. The molecule has 0 bridgehead atoms. The van der Waals surface area contributed by atoms with E-state index in [0.717, 1.165) is 53.1 Å². The summed E-state index contributed by atoms with van der Waals surface area (Å²) in [5, 5.41) is 33.6. The van der Waals surface area contributed by atoms with Gasteiger partial charge in [-0.1, -0.05) is 10.4 Å². The minimum absolute atomic E-state index is 0.0536. The van der Waals surface area contributed by atoms with Crippen LogP contribution in [0.15, 0.2) is 60.9 Å². The van der Waals surface area contributed by atoms with Crippen LogP contribution in [0, 0.1) is 0 Å². The van der Waals surface area contributed by atoms with E-state index in [0.29, 0.717) is 12.1 Å². The fraction of sp³-hybridized carbons (Fsp3) is 0.111. The summed E-state index contributed by atoms with van der Waals surface area (Å²) >= 11 is 0. The number of carbonyl (C=O) groups is 3. The molecule has 0 saturated carbocycles. The number of alkyl halides is 6. The van der Waals surface area contributed by atoms with Gasteiger partial charge >= 0.3 is 30.3 Å². The third kappa shape index (κ3) is 6.10. The molecule has 3 heterocycles. The molecule has 0 radical (unpaired) electrons. The van der Waals surface area contributed by atoms with Crippen LogP contribution in [0.5, 0.6) is 0 Å². The molecule has 0 aliphatic carbocycles. The van der Waals surface area contributed by atoms with Gasteiger partial charge in [0.05, 0.1) is 70.1 Å². The van der Waals surface area contributed by atoms with Gasteiger partial charge in [0.1, 0.15) is 11.4 Å². The molecule has 0 spiro atoms. The molecule has 2 aromatic carbocycles. The average molecular weight is 647 g/mol. The van der Waals surface area contributed by atoms with Crippen molar-refractivity contribution in [2.75, 3.05) is 7.11 Å². The summed E-state index contributed by atoms with van der Waals surface area (Å²) in [4.78, 5) is 39.3. The number of carboxylic acids is 2. The number of carboxylic acid groups (broad SMARTS) is 2. The third-order valence-electron chi connectivity index (χ3n) is 6.37. The van der Waals surface area contributed by atoms with Crippen LogP contribution >= 0.6 is 0 Å². The molecule has 5 rings (SSSR count). The van der Waals surface area contributed by atoms with Crippen LogP contribution in [0.4, 0.5) is 26.3 Å². The Bertz CT molecular complexity index is 1890. The quantitative estimate of drug-likeness (QED) is 0.183. The first-order valence-electron chi connectivity index (χ1n) is 12.4. The van der Waals surface area contributed by atoms with Crippen molar-refractivity contribution in [1.82, 2.24) is 35.0 Å². The largest absolute Gasteiger partial charge is 0.478 e. The van der Waals surface area contributed by atoms with E-state index in [4.69, 9.17) is 14.9 Å². The maximum absolute atomic E-state index is 13.5. The van der Waals surface area contributed by atoms with Gasteiger partial charge in [0, 0.05) is 0 Å². The zero-order valence-corrected chi connectivity index (χ0v) is 22.7. The number of hydrogen-bond donors (Lipinski definition) is 2. The van der Waals surface area contributed by atoms with E-state index in [1.54, 1.807) is 0 Å². The van der Waals surface area contributed by atoms with Crippen molar-refractivity contribution >= 4 is 17.9 Å². The van der Waals surface area contributed by atoms with Crippen molar-refractivity contribution in [3.8, 4) is 34.2 Å². The van der Waals surface area contributed by atoms with Crippen LogP contribution < -0.4 is 0 Å². The molecular weight excluding hydrogens is 632 g/mol. The molecule has 0 aliphatic rings. The number of nitrogens with zero attached hydrogens (tertiary/aromatic N) is 7. The average Bonchev–Trinajstić information content (AvgIpc) is 3.70. The summed E-state index contributed by atoms with van der Waals surface area (Å²) in [6, 6.07) is 7.25. The monoisotopic (exact) mass is 647 g/mol. The van der Waals surface area contributed by atoms with Crippen molar-refractivity contribution < 1.29 is 55.7 Å². The van der Waals surface area contributed by atoms with Gasteiger partial charge in [0.2, 0.25) is 0 Å². The standard InChI is InChI=1S/C27H15F6N7O6/c1-46-25(45)12-6-19(21-10-39(37-35-21)13-2-4-15(23(41)42)17(8-13)26(28,29)30)34-20(7-12)22-11-40(38-36-22)14-3-5-16(24(43)44)18(9-14)27(31,32)33/h2-11H,1H3,(H,41,42)(H,43,44). The maximum atomic E-state index is 13.5. The van der Waals surface area contributed by atoms with E-state index in [9.17, 15) is 40.7 Å². The minimum atomic E-state index is -5.00. The molecule has 3 aromatic heterocycles. The number of hydrogen-bond acceptors (Lipinski definition) is 9. The Labute approximate surface area is 251 Å². The van der Waals surface area contributed by atoms with E-state index in [-0.39, 0.29) is 39.7 Å². The number of methoxy groups -OCH3 is 1. The number of benzene rings is 2. The second-order valence-electron chi connectivity index (χ2n) is 9.28. The lowest BCUT2D eigenvalue weighted by Gasteiger charge is -2.11. The van der Waals surface area contributed by atoms with E-state index in [1.165, 1.54) is 12.1 Å². The summed E-state index contributed by atoms with van der Waals surface area (Å²) in [5.41, 5.74) is -5.53. The molecule has 0 fully saturated rings. The number of ether oxygens (including phenoxy) is 1. The lowest BCUT2D eigenvalue weighted by atomic mass is 10.1. The van der Waals surface area contributed by atoms with Crippen LogP contribution in [0.25, 0.3) is 34.2 Å². The molecule has 46 heavy (non-hydrogen) atoms. The van der Waals surface area contributed by atoms with Crippen LogP contribution in [-0.2, 0) is 17.1 Å². The summed E-state index contributed by atoms with van der Waals surface area (Å²) in [6.07, 6.45) is -7.68. The summed E-state index contributed by atoms with van der Waals surface area (Å²) < 4.78 is 87.7. The van der Waals surface area contributed by atoms with Gasteiger partial charge in [-0.3, -0.25) is 0 Å². The molecule has 0 saturated heterocycles. The molecule has 236 valence electrons. The number of halogens is 6. The number of aromatic carboxylic acids is 2. The SMILES string of the molecule is COC(=O)c1cc(-c2cn(-c3ccc(C(=O)O)c(C(F)(F)F)c3)nn2)nc(-c2cn(-c3ccc(C(=O)O)c(C(F)(F)F)c3)nn2)c1. The highest BCUT2D eigenvalue weighted by molar-refractivity contribution is 5.92. The van der Waals surface area contributed by atoms with Crippen molar-refractivity contribution in [1.29, 1.82) is 0 Å². The number of pyridine rings is 1. The Morgan fingerprint density at radius 3 is 1.43 bits per heavy atom. The van der Waals surface area contributed by atoms with Gasteiger partial charge in [-0.25, -0.2) is 28.7 Å². The van der Waals surface area contributed by atoms with Gasteiger partial charge in [-0.15, -0.1) is 10.2 Å². The molecule has 0 atom stereocenters. The van der Waals surface area contributed by atoms with Crippen LogP contribution in [0.3, 0.4) is 0 Å². The molecule has 0 unspecified atom stereocenters. The first kappa shape index (κ1) is 31.3. The summed E-state index contributed by atoms with van der Waals surface area (Å²) in [6.45, 7) is 0. The Hall–Kier alpha value is -6.14. The van der Waals surface area contributed by atoms with Crippen LogP contribution in [0.1, 0.15) is 42.2 Å². The molecule has 0 aliphatic heterocycles. The second-order valence-corrected chi connectivity index (χ2v) is 9.28. The van der Waals surface area contributed by atoms with Crippen molar-refractivity contribution in [2.45, 2.75) is 12.4 Å². The zero-order chi connectivity index (χ0) is 33.6. The smallest absolute Gasteiger partial charge is 0.417 e. The Kier molecular flexibility index (Phi) is 7.76. The zero-order valence-electron chi connectivity index (χ0n) is 22.7. The van der Waals surface area contributed by atoms with E-state index in [2.05, 4.69) is 25.6 Å². The Balaban J connectivity index is 1.55. The van der Waals surface area contributed by atoms with Gasteiger partial charge < -0.3 is 14.9 Å². The van der Waals surface area contributed by atoms with Gasteiger partial charge in [0.25, 0.3) is 0 Å². The number of carbonyl (C=O) groups excluding carboxylic acids is 1. The van der Waals surface area contributed by atoms with E-state index >= 15 is 0 Å². The van der Waals surface area contributed by atoms with E-state index < -0.39 is 52.5 Å². The lowest BCUT2D eigenvalue weighted by molar-refractivity contribution is -0.138. The van der Waals surface area contributed by atoms with Crippen molar-refractivity contribution in [3.05, 3.63) is 88.7 Å². The molecular formula is C27H15F6N7O6. The maximum Gasteiger partial charge on any atom is 0.417 e. The Morgan fingerprint density at radius 1 is 0.674 bits per heavy atom. The highest BCUT2D eigenvalue weighted by Crippen LogP contribution is 2.35. The highest BCUT2D eigenvalue weighted by atomic mass is 19.4. The van der Waals surface area contributed by atoms with E-state index in [1.807, 2.05) is 0 Å². The minimum Gasteiger partial charge on any atom is -0.478 e. The first-order chi connectivity index (χ1) is 21.6. The normalized spacial score (nSPS) is 11.8. The predicted octanol–water partition coefficient (Wildman–Crippen LogP) is 4.80. The molecule has 5 aromatic rings. The number of rotatable bonds is 7. The third-order valence-corrected chi connectivity index (χ3v) is 6.37. The topological polar surface area (TPSA) is 175 Å². The van der Waals surface area contributed by atoms with Crippen molar-refractivity contribution in [3.63, 3.8) is 0 Å². The molecule has 2 N–H and O–H groups in total. The summed E-state index contributed by atoms with van der Waals surface area (Å²) in [7, 11) is 1.09. The molecule has 13 nitrogen and oxygen atoms in total. The number of aromatic nitrogens is 7. The van der Waals surface area contributed by atoms with Gasteiger partial charge in [-0.2, -0.15) is 26.3 Å². The predicted molar refractivity (Wildman–Crippen MR) is 140 cm³/mol. The fourth-order valence-electron chi connectivity index (χ4n) is 4.23. The van der Waals surface area contributed by atoms with Crippen LogP contribution in [-0.4, -0.2) is 70.2 Å². The number of esters is 1. The lowest BCUT2D eigenvalue weighted by Crippen LogP contribution is -2.14.